The molecule has 17 heavy (non-hydrogen) atoms. The first kappa shape index (κ1) is 17.0. The molecule has 0 heterocycles. The normalized spacial score (nSPS) is 12.4. The summed E-state index contributed by atoms with van der Waals surface area (Å²) in [6.07, 6.45) is 7.62. The van der Waals surface area contributed by atoms with Crippen molar-refractivity contribution in [3.63, 3.8) is 0 Å². The van der Waals surface area contributed by atoms with Crippen LogP contribution in [-0.4, -0.2) is 0 Å². The van der Waals surface area contributed by atoms with E-state index in [1.807, 2.05) is 0 Å². The molecule has 1 radical (unpaired) electrons. The summed E-state index contributed by atoms with van der Waals surface area (Å²) in [4.78, 5) is 0. The van der Waals surface area contributed by atoms with Crippen LogP contribution in [0.4, 0.5) is 0 Å². The predicted molar refractivity (Wildman–Crippen MR) is 61.3 cm³/mol. The Morgan fingerprint density at radius 2 is 1.82 bits per heavy atom. The Kier molecular flexibility index (Phi) is 7.42. The van der Waals surface area contributed by atoms with Crippen molar-refractivity contribution in [2.75, 3.05) is 0 Å². The quantitative estimate of drug-likeness (QED) is 0.389. The first-order valence-electron chi connectivity index (χ1n) is 4.95. The first-order valence-corrected chi connectivity index (χ1v) is 4.95. The van der Waals surface area contributed by atoms with Crippen LogP contribution in [0.25, 0.3) is 16.3 Å². The van der Waals surface area contributed by atoms with Crippen LogP contribution in [0.5, 0.6) is 0 Å². The van der Waals surface area contributed by atoms with Gasteiger partial charge in [-0.05, 0) is 6.42 Å². The van der Waals surface area contributed by atoms with Gasteiger partial charge in [-0.2, -0.15) is 0 Å². The zero-order valence-electron chi connectivity index (χ0n) is 9.16. The third-order valence-electron chi connectivity index (χ3n) is 2.76. The van der Waals surface area contributed by atoms with Crippen LogP contribution < -0.4 is 34.0 Å². The van der Waals surface area contributed by atoms with E-state index in [1.165, 1.54) is 21.9 Å². The molecule has 0 aliphatic heterocycles. The van der Waals surface area contributed by atoms with Gasteiger partial charge in [0.2, 0.25) is 0 Å². The van der Waals surface area contributed by atoms with Gasteiger partial charge >= 0.3 is 21.7 Å². The van der Waals surface area contributed by atoms with Gasteiger partial charge in [-0.3, -0.25) is 0 Å². The topological polar surface area (TPSA) is 0 Å². The number of allylic oxidation sites excluding steroid dienone is 4. The molecule has 2 aromatic rings. The second-order valence-corrected chi connectivity index (χ2v) is 3.70. The van der Waals surface area contributed by atoms with Gasteiger partial charge in [0.1, 0.15) is 0 Å². The Hall–Kier alpha value is -0.0157. The summed E-state index contributed by atoms with van der Waals surface area (Å²) in [5.41, 5.74) is 2.80. The van der Waals surface area contributed by atoms with Gasteiger partial charge in [-0.25, -0.2) is 0 Å². The molecule has 85 valence electrons. The van der Waals surface area contributed by atoms with Gasteiger partial charge in [-0.1, -0.05) is 36.4 Å². The molecule has 1 aliphatic carbocycles. The third-order valence-corrected chi connectivity index (χ3v) is 2.76. The zero-order valence-corrected chi connectivity index (χ0v) is 13.9. The summed E-state index contributed by atoms with van der Waals surface area (Å²) in [6.45, 7) is 0. The van der Waals surface area contributed by atoms with Gasteiger partial charge in [0, 0.05) is 0 Å². The number of halogens is 2. The van der Waals surface area contributed by atoms with Crippen molar-refractivity contribution in [2.24, 2.45) is 0 Å². The number of hydrogen-bond acceptors (Lipinski definition) is 0. The molecule has 3 rings (SSSR count). The Labute approximate surface area is 138 Å². The van der Waals surface area contributed by atoms with Crippen LogP contribution in [0, 0.1) is 0 Å². The summed E-state index contributed by atoms with van der Waals surface area (Å²) in [6, 6.07) is 13.1. The number of hydrogen-bond donors (Lipinski definition) is 0. The Morgan fingerprint density at radius 3 is 2.47 bits per heavy atom. The minimum atomic E-state index is 0. The maximum atomic E-state index is 2.27. The van der Waals surface area contributed by atoms with Gasteiger partial charge in [0.05, 0.1) is 0 Å². The van der Waals surface area contributed by atoms with Crippen molar-refractivity contribution in [1.82, 2.24) is 0 Å². The molecular weight excluding hydrogens is 376 g/mol. The summed E-state index contributed by atoms with van der Waals surface area (Å²) in [5.74, 6) is 0. The molecule has 2 aromatic carbocycles. The fourth-order valence-corrected chi connectivity index (χ4v) is 2.00. The van der Waals surface area contributed by atoms with Crippen LogP contribution >= 0.6 is 0 Å². The van der Waals surface area contributed by atoms with Crippen LogP contribution in [-0.2, 0) is 21.7 Å². The van der Waals surface area contributed by atoms with Crippen LogP contribution in [0.3, 0.4) is 0 Å². The minimum absolute atomic E-state index is 0. The van der Waals surface area contributed by atoms with E-state index < -0.39 is 0 Å². The molecular formula is C14H11Br2Ti. The molecule has 0 N–H and O–H groups in total. The van der Waals surface area contributed by atoms with Crippen LogP contribution in [0.2, 0.25) is 0 Å². The fraction of sp³-hybridized carbons (Fsp3) is 0.0714. The van der Waals surface area contributed by atoms with E-state index in [0.29, 0.717) is 0 Å². The summed E-state index contributed by atoms with van der Waals surface area (Å²) >= 11 is 0. The molecule has 3 heteroatoms. The second kappa shape index (κ2) is 7.43. The van der Waals surface area contributed by atoms with E-state index in [4.69, 9.17) is 0 Å². The number of rotatable bonds is 1. The maximum Gasteiger partial charge on any atom is 3.00 e. The molecule has 0 unspecified atom stereocenters. The van der Waals surface area contributed by atoms with E-state index in [9.17, 15) is 0 Å². The van der Waals surface area contributed by atoms with Crippen molar-refractivity contribution in [3.8, 4) is 0 Å². The summed E-state index contributed by atoms with van der Waals surface area (Å²) < 4.78 is 0. The zero-order chi connectivity index (χ0) is 9.38. The van der Waals surface area contributed by atoms with E-state index >= 15 is 0 Å². The summed E-state index contributed by atoms with van der Waals surface area (Å²) in [5, 5.41) is 2.69. The van der Waals surface area contributed by atoms with E-state index in [1.54, 1.807) is 0 Å². The van der Waals surface area contributed by atoms with Crippen molar-refractivity contribution in [1.29, 1.82) is 0 Å². The molecule has 0 bridgehead atoms. The van der Waals surface area contributed by atoms with Crippen molar-refractivity contribution in [2.45, 2.75) is 6.42 Å². The first-order chi connectivity index (χ1) is 6.93. The van der Waals surface area contributed by atoms with Crippen molar-refractivity contribution in [3.05, 3.63) is 60.2 Å². The van der Waals surface area contributed by atoms with Crippen molar-refractivity contribution >= 4 is 16.3 Å². The maximum absolute atomic E-state index is 2.27. The predicted octanol–water partition coefficient (Wildman–Crippen LogP) is -2.09. The van der Waals surface area contributed by atoms with E-state index in [0.717, 1.165) is 6.42 Å². The fourth-order valence-electron chi connectivity index (χ4n) is 2.00. The Morgan fingerprint density at radius 1 is 1.06 bits per heavy atom. The van der Waals surface area contributed by atoms with Gasteiger partial charge in [0.25, 0.3) is 0 Å². The molecule has 0 nitrogen and oxygen atoms in total. The molecule has 0 saturated heterocycles. The molecule has 1 aliphatic rings. The smallest absolute Gasteiger partial charge is 1.00 e. The van der Waals surface area contributed by atoms with Crippen molar-refractivity contribution < 1.29 is 55.7 Å². The Balaban J connectivity index is 0.000000853. The van der Waals surface area contributed by atoms with E-state index in [2.05, 4.69) is 54.6 Å². The van der Waals surface area contributed by atoms with Gasteiger partial charge in [0.15, 0.2) is 0 Å². The Bertz CT molecular complexity index is 505. The monoisotopic (exact) mass is 385 g/mol. The van der Waals surface area contributed by atoms with Gasteiger partial charge < -0.3 is 34.0 Å². The molecule has 0 amide bonds. The molecule has 0 atom stereocenters. The molecule has 0 fully saturated rings. The number of fused-ring (bicyclic) bond motifs is 1. The van der Waals surface area contributed by atoms with Crippen LogP contribution in [0.15, 0.2) is 54.6 Å². The third kappa shape index (κ3) is 3.48. The number of benzene rings is 1. The standard InChI is InChI=1S/C14H11.2BrH.Ti/c1-2-6-11(5-1)14-9-12-7-3-4-8-13(12)10-14;;;/h1-5,7-10H,6H2;2*1H;/q-1;;;+3/p-2. The average Bonchev–Trinajstić information content (AvgIpc) is 2.86. The average molecular weight is 387 g/mol. The molecule has 0 spiro atoms. The molecule has 0 saturated carbocycles. The van der Waals surface area contributed by atoms with Gasteiger partial charge in [-0.15, -0.1) is 40.1 Å². The minimum Gasteiger partial charge on any atom is -1.00 e. The summed E-state index contributed by atoms with van der Waals surface area (Å²) in [7, 11) is 0. The largest absolute Gasteiger partial charge is 3.00 e. The second-order valence-electron chi connectivity index (χ2n) is 3.70. The van der Waals surface area contributed by atoms with Crippen LogP contribution in [0.1, 0.15) is 12.0 Å². The van der Waals surface area contributed by atoms with E-state index in [-0.39, 0.29) is 55.7 Å². The SMILES string of the molecule is C1=CCC(c2cc3ccccc3[cH-]2)=C1.[Br-].[Br-].[Ti+3]. The molecule has 0 aromatic heterocycles.